The molecule has 0 bridgehead atoms. The first kappa shape index (κ1) is 20.1. The van der Waals surface area contributed by atoms with Crippen LogP contribution in [0.15, 0.2) is 60.7 Å². The molecule has 0 saturated carbocycles. The largest absolute Gasteiger partial charge is 0.369 e. The van der Waals surface area contributed by atoms with Crippen LogP contribution in [0, 0.1) is 0 Å². The van der Waals surface area contributed by atoms with Crippen molar-refractivity contribution < 1.29 is 8.78 Å². The van der Waals surface area contributed by atoms with Crippen molar-refractivity contribution in [2.24, 2.45) is 0 Å². The zero-order valence-electron chi connectivity index (χ0n) is 16.5. The van der Waals surface area contributed by atoms with Crippen LogP contribution in [-0.2, 0) is 12.3 Å². The summed E-state index contributed by atoms with van der Waals surface area (Å²) in [6.07, 6.45) is 7.17. The predicted molar refractivity (Wildman–Crippen MR) is 117 cm³/mol. The number of hydrogen-bond donors (Lipinski definition) is 0. The van der Waals surface area contributed by atoms with Crippen LogP contribution in [0.4, 0.5) is 14.5 Å². The Balaban J connectivity index is 1.88. The lowest BCUT2D eigenvalue weighted by Crippen LogP contribution is -2.44. The molecule has 152 valence electrons. The van der Waals surface area contributed by atoms with E-state index < -0.39 is 12.3 Å². The molecule has 0 amide bonds. The van der Waals surface area contributed by atoms with E-state index in [9.17, 15) is 4.39 Å². The van der Waals surface area contributed by atoms with Crippen molar-refractivity contribution in [3.63, 3.8) is 0 Å². The Labute approximate surface area is 176 Å². The second-order valence-electron chi connectivity index (χ2n) is 7.79. The fraction of sp³-hybridized carbons (Fsp3) is 0.333. The molecule has 4 rings (SSSR count). The third kappa shape index (κ3) is 3.96. The average Bonchev–Trinajstić information content (AvgIpc) is 2.75. The number of likely N-dealkylation sites (N-methyl/N-ethyl adjacent to an activating group) is 1. The van der Waals surface area contributed by atoms with Gasteiger partial charge in [-0.2, -0.15) is 0 Å². The lowest BCUT2D eigenvalue weighted by molar-refractivity contribution is 0.236. The van der Waals surface area contributed by atoms with Gasteiger partial charge >= 0.3 is 0 Å². The Morgan fingerprint density at radius 2 is 1.79 bits per heavy atom. The van der Waals surface area contributed by atoms with Gasteiger partial charge in [-0.3, -0.25) is 0 Å². The van der Waals surface area contributed by atoms with Gasteiger partial charge in [0.05, 0.1) is 5.02 Å². The number of anilines is 1. The van der Waals surface area contributed by atoms with Crippen LogP contribution in [0.25, 0.3) is 11.1 Å². The molecule has 1 heterocycles. The Hall–Kier alpha value is -2.17. The van der Waals surface area contributed by atoms with Gasteiger partial charge in [-0.1, -0.05) is 54.1 Å². The summed E-state index contributed by atoms with van der Waals surface area (Å²) in [6.45, 7) is 3.01. The van der Waals surface area contributed by atoms with E-state index in [2.05, 4.69) is 16.8 Å². The number of halogens is 3. The summed E-state index contributed by atoms with van der Waals surface area (Å²) in [5, 5.41) is 0.353. The second-order valence-corrected chi connectivity index (χ2v) is 8.17. The van der Waals surface area contributed by atoms with Gasteiger partial charge in [0, 0.05) is 49.4 Å². The van der Waals surface area contributed by atoms with Gasteiger partial charge in [-0.05, 0) is 36.4 Å². The van der Waals surface area contributed by atoms with Gasteiger partial charge in [-0.25, -0.2) is 8.78 Å². The third-order valence-corrected chi connectivity index (χ3v) is 6.25. The number of rotatable bonds is 4. The number of hydrogen-bond acceptors (Lipinski definition) is 2. The molecule has 1 aliphatic heterocycles. The highest BCUT2D eigenvalue weighted by Crippen LogP contribution is 2.45. The van der Waals surface area contributed by atoms with Gasteiger partial charge in [0.1, 0.15) is 6.67 Å². The minimum absolute atomic E-state index is 0.236. The first-order chi connectivity index (χ1) is 14.0. The highest BCUT2D eigenvalue weighted by atomic mass is 35.5. The molecule has 0 spiro atoms. The second kappa shape index (κ2) is 8.29. The highest BCUT2D eigenvalue weighted by molar-refractivity contribution is 6.34. The molecule has 5 heteroatoms. The molecule has 2 nitrogen and oxygen atoms in total. The quantitative estimate of drug-likeness (QED) is 0.613. The van der Waals surface area contributed by atoms with Crippen LogP contribution in [0.5, 0.6) is 0 Å². The molecule has 1 saturated heterocycles. The number of benzene rings is 2. The van der Waals surface area contributed by atoms with E-state index in [4.69, 9.17) is 11.6 Å². The lowest BCUT2D eigenvalue weighted by Gasteiger charge is -2.35. The molecular formula is C24H25ClF2N2. The Bertz CT molecular complexity index is 948. The molecular weight excluding hydrogens is 390 g/mol. The molecule has 0 aromatic heterocycles. The maximum absolute atomic E-state index is 15.9. The Kier molecular flexibility index (Phi) is 5.75. The zero-order chi connectivity index (χ0) is 20.4. The summed E-state index contributed by atoms with van der Waals surface area (Å²) in [7, 11) is 2.10. The summed E-state index contributed by atoms with van der Waals surface area (Å²) in [5.74, 6) is 0. The molecule has 0 radical (unpaired) electrons. The highest BCUT2D eigenvalue weighted by Gasteiger charge is 2.33. The standard InChI is InChI=1S/C24H25ClF2N2/c1-28-11-13-29(14-12-28)19-15-21(20-8-4-3-7-18(20)17-26)23(25)22(16-19)24(27)9-5-2-6-10-24/h2-9,15-16H,10-14,17H2,1H3/t24-/m1/s1. The van der Waals surface area contributed by atoms with Crippen molar-refractivity contribution in [3.8, 4) is 11.1 Å². The van der Waals surface area contributed by atoms with Crippen LogP contribution in [0.1, 0.15) is 17.5 Å². The lowest BCUT2D eigenvalue weighted by atomic mass is 9.86. The van der Waals surface area contributed by atoms with E-state index in [-0.39, 0.29) is 6.42 Å². The van der Waals surface area contributed by atoms with E-state index in [1.54, 1.807) is 18.2 Å². The van der Waals surface area contributed by atoms with Gasteiger partial charge in [0.2, 0.25) is 0 Å². The van der Waals surface area contributed by atoms with E-state index in [1.807, 2.05) is 42.5 Å². The fourth-order valence-corrected chi connectivity index (χ4v) is 4.42. The minimum atomic E-state index is -1.67. The van der Waals surface area contributed by atoms with Gasteiger partial charge in [-0.15, -0.1) is 0 Å². The third-order valence-electron chi connectivity index (χ3n) is 5.85. The van der Waals surface area contributed by atoms with Crippen LogP contribution in [0.3, 0.4) is 0 Å². The Morgan fingerprint density at radius 3 is 2.48 bits per heavy atom. The monoisotopic (exact) mass is 414 g/mol. The molecule has 1 atom stereocenters. The first-order valence-corrected chi connectivity index (χ1v) is 10.3. The summed E-state index contributed by atoms with van der Waals surface area (Å²) in [6, 6.07) is 11.1. The number of allylic oxidation sites excluding steroid dienone is 4. The van der Waals surface area contributed by atoms with Crippen LogP contribution in [0.2, 0.25) is 5.02 Å². The van der Waals surface area contributed by atoms with E-state index >= 15 is 4.39 Å². The van der Waals surface area contributed by atoms with E-state index in [0.29, 0.717) is 21.7 Å². The normalized spacial score (nSPS) is 22.3. The number of alkyl halides is 2. The predicted octanol–water partition coefficient (Wildman–Crippen LogP) is 5.91. The molecule has 29 heavy (non-hydrogen) atoms. The van der Waals surface area contributed by atoms with Crippen molar-refractivity contribution in [3.05, 3.63) is 76.9 Å². The van der Waals surface area contributed by atoms with Crippen LogP contribution >= 0.6 is 11.6 Å². The topological polar surface area (TPSA) is 6.48 Å². The van der Waals surface area contributed by atoms with Gasteiger partial charge in [0.25, 0.3) is 0 Å². The molecule has 2 aliphatic rings. The number of piperazine rings is 1. The molecule has 1 aliphatic carbocycles. The SMILES string of the molecule is CN1CCN(c2cc(-c3ccccc3CF)c(Cl)c([C@@]3(F)C=CC=CC3)c2)CC1. The van der Waals surface area contributed by atoms with Gasteiger partial charge in [0.15, 0.2) is 5.67 Å². The van der Waals surface area contributed by atoms with Crippen LogP contribution in [-0.4, -0.2) is 38.1 Å². The smallest absolute Gasteiger partial charge is 0.159 e. The fourth-order valence-electron chi connectivity index (χ4n) is 4.05. The van der Waals surface area contributed by atoms with Crippen molar-refractivity contribution in [1.82, 2.24) is 4.90 Å². The summed E-state index contributed by atoms with van der Waals surface area (Å²) in [5.41, 5.74) is 1.67. The molecule has 2 aromatic rings. The van der Waals surface area contributed by atoms with Crippen molar-refractivity contribution in [2.75, 3.05) is 38.1 Å². The molecule has 1 fully saturated rings. The van der Waals surface area contributed by atoms with Crippen LogP contribution < -0.4 is 4.90 Å². The van der Waals surface area contributed by atoms with E-state index in [1.165, 1.54) is 0 Å². The van der Waals surface area contributed by atoms with E-state index in [0.717, 1.165) is 37.4 Å². The summed E-state index contributed by atoms with van der Waals surface area (Å²) < 4.78 is 29.6. The van der Waals surface area contributed by atoms with Crippen molar-refractivity contribution >= 4 is 17.3 Å². The summed E-state index contributed by atoms with van der Waals surface area (Å²) >= 11 is 6.78. The Morgan fingerprint density at radius 1 is 1.03 bits per heavy atom. The van der Waals surface area contributed by atoms with Crippen molar-refractivity contribution in [1.29, 1.82) is 0 Å². The molecule has 2 aromatic carbocycles. The maximum Gasteiger partial charge on any atom is 0.159 e. The van der Waals surface area contributed by atoms with Gasteiger partial charge < -0.3 is 9.80 Å². The maximum atomic E-state index is 15.9. The first-order valence-electron chi connectivity index (χ1n) is 9.97. The molecule has 0 N–H and O–H groups in total. The molecule has 0 unspecified atom stereocenters. The van der Waals surface area contributed by atoms with Crippen molar-refractivity contribution in [2.45, 2.75) is 18.8 Å². The zero-order valence-corrected chi connectivity index (χ0v) is 17.3. The average molecular weight is 415 g/mol. The minimum Gasteiger partial charge on any atom is -0.369 e. The number of nitrogens with zero attached hydrogens (tertiary/aromatic N) is 2. The summed E-state index contributed by atoms with van der Waals surface area (Å²) in [4.78, 5) is 4.53.